The van der Waals surface area contributed by atoms with Crippen molar-refractivity contribution in [3.63, 3.8) is 0 Å². The molecule has 31 heavy (non-hydrogen) atoms. The van der Waals surface area contributed by atoms with Crippen LogP contribution in [0.5, 0.6) is 5.75 Å². The van der Waals surface area contributed by atoms with Crippen molar-refractivity contribution in [3.05, 3.63) is 54.1 Å². The quantitative estimate of drug-likeness (QED) is 0.603. The zero-order valence-corrected chi connectivity index (χ0v) is 17.2. The second kappa shape index (κ2) is 8.10. The number of carbonyl (C=O) groups is 4. The van der Waals surface area contributed by atoms with Gasteiger partial charge in [0.2, 0.25) is 0 Å². The monoisotopic (exact) mass is 422 g/mol. The van der Waals surface area contributed by atoms with Crippen molar-refractivity contribution >= 4 is 35.1 Å². The number of piperazine rings is 1. The Bertz CT molecular complexity index is 1050. The minimum Gasteiger partial charge on any atom is -0.497 e. The highest BCUT2D eigenvalue weighted by Gasteiger charge is 2.49. The molecular formula is C22H22N4O5. The van der Waals surface area contributed by atoms with Gasteiger partial charge in [0.25, 0.3) is 5.91 Å². The maximum Gasteiger partial charge on any atom is 0.332 e. The number of anilines is 2. The van der Waals surface area contributed by atoms with Crippen LogP contribution in [-0.2, 0) is 4.79 Å². The van der Waals surface area contributed by atoms with Crippen molar-refractivity contribution < 1.29 is 23.9 Å². The van der Waals surface area contributed by atoms with Gasteiger partial charge in [-0.3, -0.25) is 9.59 Å². The number of ketones is 1. The number of nitrogens with one attached hydrogen (secondary N) is 1. The van der Waals surface area contributed by atoms with Crippen molar-refractivity contribution in [2.24, 2.45) is 0 Å². The number of carbonyl (C=O) groups excluding carboxylic acids is 4. The molecule has 0 aromatic heterocycles. The molecule has 160 valence electrons. The summed E-state index contributed by atoms with van der Waals surface area (Å²) < 4.78 is 5.19. The summed E-state index contributed by atoms with van der Waals surface area (Å²) in [4.78, 5) is 54.1. The molecule has 0 unspecified atom stereocenters. The Morgan fingerprint density at radius 2 is 1.81 bits per heavy atom. The first-order valence-corrected chi connectivity index (χ1v) is 9.84. The second-order valence-electron chi connectivity index (χ2n) is 7.38. The SMILES string of the molecule is COc1cccc(N2C(=O)[C@H]3CN(C(=O)Nc4ccc(C(C)=O)cc4)CCN3C2=O)c1. The smallest absolute Gasteiger partial charge is 0.332 e. The van der Waals surface area contributed by atoms with Gasteiger partial charge in [0.05, 0.1) is 19.3 Å². The maximum absolute atomic E-state index is 13.0. The molecular weight excluding hydrogens is 400 g/mol. The third kappa shape index (κ3) is 3.81. The van der Waals surface area contributed by atoms with E-state index in [4.69, 9.17) is 4.74 Å². The zero-order chi connectivity index (χ0) is 22.1. The van der Waals surface area contributed by atoms with Crippen LogP contribution in [0.15, 0.2) is 48.5 Å². The van der Waals surface area contributed by atoms with Crippen LogP contribution < -0.4 is 15.0 Å². The molecule has 2 heterocycles. The summed E-state index contributed by atoms with van der Waals surface area (Å²) >= 11 is 0. The second-order valence-corrected chi connectivity index (χ2v) is 7.38. The third-order valence-electron chi connectivity index (χ3n) is 5.46. The number of methoxy groups -OCH3 is 1. The van der Waals surface area contributed by atoms with E-state index in [1.54, 1.807) is 48.5 Å². The van der Waals surface area contributed by atoms with Crippen LogP contribution in [0.3, 0.4) is 0 Å². The Kier molecular flexibility index (Phi) is 5.33. The number of amides is 5. The molecule has 2 aliphatic rings. The molecule has 5 amide bonds. The molecule has 4 rings (SSSR count). The number of benzene rings is 2. The van der Waals surface area contributed by atoms with Crippen LogP contribution in [0, 0.1) is 0 Å². The van der Waals surface area contributed by atoms with Crippen molar-refractivity contribution in [3.8, 4) is 5.75 Å². The van der Waals surface area contributed by atoms with Crippen LogP contribution >= 0.6 is 0 Å². The first-order chi connectivity index (χ1) is 14.9. The Labute approximate surface area is 179 Å². The van der Waals surface area contributed by atoms with E-state index in [0.29, 0.717) is 29.2 Å². The largest absolute Gasteiger partial charge is 0.497 e. The van der Waals surface area contributed by atoms with Gasteiger partial charge in [0.15, 0.2) is 5.78 Å². The molecule has 0 saturated carbocycles. The van der Waals surface area contributed by atoms with Gasteiger partial charge in [0, 0.05) is 30.4 Å². The number of nitrogens with zero attached hydrogens (tertiary/aromatic N) is 3. The van der Waals surface area contributed by atoms with E-state index >= 15 is 0 Å². The van der Waals surface area contributed by atoms with Gasteiger partial charge >= 0.3 is 12.1 Å². The van der Waals surface area contributed by atoms with E-state index in [-0.39, 0.29) is 30.8 Å². The Morgan fingerprint density at radius 3 is 2.48 bits per heavy atom. The highest BCUT2D eigenvalue weighted by Crippen LogP contribution is 2.30. The van der Waals surface area contributed by atoms with Gasteiger partial charge in [-0.05, 0) is 43.3 Å². The maximum atomic E-state index is 13.0. The number of imide groups is 1. The van der Waals surface area contributed by atoms with Crippen LogP contribution in [0.4, 0.5) is 21.0 Å². The summed E-state index contributed by atoms with van der Waals surface area (Å²) in [5.41, 5.74) is 1.54. The molecule has 0 bridgehead atoms. The highest BCUT2D eigenvalue weighted by molar-refractivity contribution is 6.21. The molecule has 2 saturated heterocycles. The van der Waals surface area contributed by atoms with Crippen molar-refractivity contribution in [1.29, 1.82) is 0 Å². The van der Waals surface area contributed by atoms with Crippen LogP contribution in [0.25, 0.3) is 0 Å². The zero-order valence-electron chi connectivity index (χ0n) is 17.2. The highest BCUT2D eigenvalue weighted by atomic mass is 16.5. The van der Waals surface area contributed by atoms with Gasteiger partial charge in [-0.2, -0.15) is 0 Å². The predicted octanol–water partition coefficient (Wildman–Crippen LogP) is 2.58. The van der Waals surface area contributed by atoms with Crippen LogP contribution in [-0.4, -0.2) is 66.3 Å². The number of urea groups is 2. The lowest BCUT2D eigenvalue weighted by molar-refractivity contribution is -0.120. The van der Waals surface area contributed by atoms with E-state index in [1.807, 2.05) is 0 Å². The first-order valence-electron chi connectivity index (χ1n) is 9.84. The number of hydrogen-bond donors (Lipinski definition) is 1. The van der Waals surface area contributed by atoms with Crippen LogP contribution in [0.1, 0.15) is 17.3 Å². The van der Waals surface area contributed by atoms with E-state index in [2.05, 4.69) is 5.32 Å². The lowest BCUT2D eigenvalue weighted by Crippen LogP contribution is -2.55. The van der Waals surface area contributed by atoms with Gasteiger partial charge in [0.1, 0.15) is 11.8 Å². The molecule has 2 fully saturated rings. The topological polar surface area (TPSA) is 99.3 Å². The fraction of sp³-hybridized carbons (Fsp3) is 0.273. The summed E-state index contributed by atoms with van der Waals surface area (Å²) in [7, 11) is 1.51. The number of Topliss-reactive ketones (excluding diaryl/α,β-unsaturated/α-hetero) is 1. The van der Waals surface area contributed by atoms with Gasteiger partial charge < -0.3 is 19.9 Å². The summed E-state index contributed by atoms with van der Waals surface area (Å²) in [6.07, 6.45) is 0. The van der Waals surface area contributed by atoms with Crippen LogP contribution in [0.2, 0.25) is 0 Å². The summed E-state index contributed by atoms with van der Waals surface area (Å²) in [5.74, 6) is 0.111. The molecule has 0 radical (unpaired) electrons. The number of rotatable bonds is 4. The molecule has 2 aromatic rings. The lowest BCUT2D eigenvalue weighted by atomic mass is 10.1. The molecule has 9 nitrogen and oxygen atoms in total. The predicted molar refractivity (Wildman–Crippen MR) is 113 cm³/mol. The fourth-order valence-corrected chi connectivity index (χ4v) is 3.76. The Balaban J connectivity index is 1.46. The van der Waals surface area contributed by atoms with E-state index < -0.39 is 12.1 Å². The fourth-order valence-electron chi connectivity index (χ4n) is 3.76. The molecule has 0 aliphatic carbocycles. The van der Waals surface area contributed by atoms with Crippen molar-refractivity contribution in [2.45, 2.75) is 13.0 Å². The lowest BCUT2D eigenvalue weighted by Gasteiger charge is -2.35. The summed E-state index contributed by atoms with van der Waals surface area (Å²) in [6.45, 7) is 2.13. The summed E-state index contributed by atoms with van der Waals surface area (Å²) in [6, 6.07) is 11.8. The normalized spacial score (nSPS) is 18.1. The van der Waals surface area contributed by atoms with E-state index in [1.165, 1.54) is 23.8 Å². The van der Waals surface area contributed by atoms with Crippen molar-refractivity contribution in [1.82, 2.24) is 9.80 Å². The average Bonchev–Trinajstić information content (AvgIpc) is 3.03. The number of ether oxygens (including phenoxy) is 1. The summed E-state index contributed by atoms with van der Waals surface area (Å²) in [5, 5.41) is 2.77. The first kappa shape index (κ1) is 20.4. The third-order valence-corrected chi connectivity index (χ3v) is 5.46. The minimum absolute atomic E-state index is 0.0565. The standard InChI is InChI=1S/C22H22N4O5/c1-14(27)15-6-8-16(9-7-15)23-21(29)24-10-11-25-19(13-24)20(28)26(22(25)30)17-4-3-5-18(12-17)31-2/h3-9,12,19H,10-11,13H2,1-2H3,(H,23,29)/t19-/m1/s1. The molecule has 0 spiro atoms. The molecule has 2 aliphatic heterocycles. The van der Waals surface area contributed by atoms with Gasteiger partial charge in [-0.25, -0.2) is 14.5 Å². The molecule has 1 N–H and O–H groups in total. The van der Waals surface area contributed by atoms with E-state index in [9.17, 15) is 19.2 Å². The Hall–Kier alpha value is -3.88. The minimum atomic E-state index is -0.738. The average molecular weight is 422 g/mol. The van der Waals surface area contributed by atoms with Gasteiger partial charge in [-0.15, -0.1) is 0 Å². The van der Waals surface area contributed by atoms with Gasteiger partial charge in [-0.1, -0.05) is 6.07 Å². The molecule has 1 atom stereocenters. The molecule has 9 heteroatoms. The van der Waals surface area contributed by atoms with E-state index in [0.717, 1.165) is 4.90 Å². The number of fused-ring (bicyclic) bond motifs is 1. The molecule has 2 aromatic carbocycles. The van der Waals surface area contributed by atoms with Crippen molar-refractivity contribution in [2.75, 3.05) is 37.0 Å². The Morgan fingerprint density at radius 1 is 1.06 bits per heavy atom. The number of hydrogen-bond acceptors (Lipinski definition) is 5.